The maximum atomic E-state index is 14.9. The first-order valence-electron chi connectivity index (χ1n) is 10.0. The molecule has 1 heterocycles. The fourth-order valence-electron chi connectivity index (χ4n) is 3.37. The van der Waals surface area contributed by atoms with E-state index in [0.29, 0.717) is 22.4 Å². The first kappa shape index (κ1) is 22.5. The van der Waals surface area contributed by atoms with E-state index in [1.54, 1.807) is 54.6 Å². The van der Waals surface area contributed by atoms with Crippen molar-refractivity contribution in [3.63, 3.8) is 0 Å². The van der Waals surface area contributed by atoms with Gasteiger partial charge in [-0.3, -0.25) is 4.98 Å². The number of aromatic nitrogens is 2. The average Bonchev–Trinajstić information content (AvgIpc) is 2.84. The van der Waals surface area contributed by atoms with E-state index in [-0.39, 0.29) is 22.8 Å². The van der Waals surface area contributed by atoms with Crippen molar-refractivity contribution in [2.24, 2.45) is 0 Å². The van der Waals surface area contributed by atoms with Crippen LogP contribution < -0.4 is 10.5 Å². The van der Waals surface area contributed by atoms with Crippen molar-refractivity contribution in [2.45, 2.75) is 11.0 Å². The Balaban J connectivity index is 1.62. The van der Waals surface area contributed by atoms with Crippen LogP contribution >= 0.6 is 0 Å². The highest BCUT2D eigenvalue weighted by atomic mass is 32.2. The Labute approximate surface area is 190 Å². The molecule has 0 amide bonds. The van der Waals surface area contributed by atoms with E-state index in [9.17, 15) is 17.9 Å². The van der Waals surface area contributed by atoms with Crippen LogP contribution in [0.25, 0.3) is 22.4 Å². The zero-order valence-corrected chi connectivity index (χ0v) is 18.2. The Hall–Kier alpha value is -3.66. The Morgan fingerprint density at radius 3 is 2.36 bits per heavy atom. The van der Waals surface area contributed by atoms with Crippen LogP contribution in [0, 0.1) is 5.82 Å². The summed E-state index contributed by atoms with van der Waals surface area (Å²) >= 11 is 0. The lowest BCUT2D eigenvalue weighted by Crippen LogP contribution is -2.29. The Morgan fingerprint density at radius 1 is 0.939 bits per heavy atom. The number of sulfonamides is 1. The lowest BCUT2D eigenvalue weighted by Gasteiger charge is -2.15. The van der Waals surface area contributed by atoms with Crippen LogP contribution in [0.4, 0.5) is 10.2 Å². The molecule has 1 aromatic heterocycles. The number of nitrogen functional groups attached to an aromatic ring is 1. The van der Waals surface area contributed by atoms with E-state index in [0.717, 1.165) is 0 Å². The summed E-state index contributed by atoms with van der Waals surface area (Å²) in [5, 5.41) is 10.3. The predicted octanol–water partition coefficient (Wildman–Crippen LogP) is 3.54. The highest BCUT2D eigenvalue weighted by molar-refractivity contribution is 7.89. The maximum Gasteiger partial charge on any atom is 0.241 e. The van der Waals surface area contributed by atoms with Gasteiger partial charge in [0.2, 0.25) is 10.0 Å². The number of hydrogen-bond acceptors (Lipinski definition) is 6. The monoisotopic (exact) mass is 464 g/mol. The first-order valence-corrected chi connectivity index (χ1v) is 11.5. The zero-order chi connectivity index (χ0) is 23.4. The van der Waals surface area contributed by atoms with Gasteiger partial charge in [-0.2, -0.15) is 0 Å². The van der Waals surface area contributed by atoms with Gasteiger partial charge in [0.25, 0.3) is 0 Å². The molecule has 168 valence electrons. The molecule has 0 aliphatic heterocycles. The molecule has 0 aliphatic rings. The molecule has 4 N–H and O–H groups in total. The molecule has 0 fully saturated rings. The first-order chi connectivity index (χ1) is 15.8. The highest BCUT2D eigenvalue weighted by Crippen LogP contribution is 2.31. The van der Waals surface area contributed by atoms with Crippen molar-refractivity contribution in [2.75, 3.05) is 12.3 Å². The van der Waals surface area contributed by atoms with Gasteiger partial charge < -0.3 is 10.8 Å². The summed E-state index contributed by atoms with van der Waals surface area (Å²) in [5.41, 5.74) is 7.36. The molecule has 0 radical (unpaired) electrons. The lowest BCUT2D eigenvalue weighted by atomic mass is 10.0. The molecule has 0 saturated heterocycles. The highest BCUT2D eigenvalue weighted by Gasteiger charge is 2.21. The molecular weight excluding hydrogens is 443 g/mol. The summed E-state index contributed by atoms with van der Waals surface area (Å²) in [4.78, 5) is 7.97. The van der Waals surface area contributed by atoms with Crippen molar-refractivity contribution >= 4 is 15.8 Å². The number of nitrogens with zero attached hydrogens (tertiary/aromatic N) is 2. The minimum atomic E-state index is -3.99. The quantitative estimate of drug-likeness (QED) is 0.385. The van der Waals surface area contributed by atoms with E-state index in [1.807, 2.05) is 0 Å². The largest absolute Gasteiger partial charge is 0.387 e. The second-order valence-electron chi connectivity index (χ2n) is 7.30. The summed E-state index contributed by atoms with van der Waals surface area (Å²) in [6, 6.07) is 19.4. The molecule has 3 aromatic carbocycles. The summed E-state index contributed by atoms with van der Waals surface area (Å²) in [6.45, 7) is -0.205. The molecule has 0 aliphatic carbocycles. The summed E-state index contributed by atoms with van der Waals surface area (Å²) in [6.07, 6.45) is 1.69. The fourth-order valence-corrected chi connectivity index (χ4v) is 4.63. The zero-order valence-electron chi connectivity index (χ0n) is 17.4. The van der Waals surface area contributed by atoms with E-state index in [1.165, 1.54) is 30.6 Å². The Morgan fingerprint density at radius 2 is 1.67 bits per heavy atom. The van der Waals surface area contributed by atoms with Gasteiger partial charge >= 0.3 is 0 Å². The summed E-state index contributed by atoms with van der Waals surface area (Å²) in [7, 11) is -3.99. The third-order valence-electron chi connectivity index (χ3n) is 5.06. The van der Waals surface area contributed by atoms with Crippen molar-refractivity contribution in [1.29, 1.82) is 0 Å². The van der Waals surface area contributed by atoms with Crippen LogP contribution in [0.2, 0.25) is 0 Å². The number of hydrogen-bond donors (Lipinski definition) is 3. The average molecular weight is 465 g/mol. The SMILES string of the molecule is Nc1cnc(-c2ccc(-c3ccccc3S(=O)(=O)NCC(O)c3ccccc3)cc2F)cn1. The Kier molecular flexibility index (Phi) is 6.45. The molecule has 7 nitrogen and oxygen atoms in total. The second kappa shape index (κ2) is 9.45. The molecule has 0 spiro atoms. The third kappa shape index (κ3) is 5.06. The van der Waals surface area contributed by atoms with Gasteiger partial charge in [0, 0.05) is 17.7 Å². The van der Waals surface area contributed by atoms with Crippen LogP contribution in [-0.4, -0.2) is 30.0 Å². The molecule has 1 unspecified atom stereocenters. The number of aliphatic hydroxyl groups excluding tert-OH is 1. The van der Waals surface area contributed by atoms with Crippen molar-refractivity contribution in [1.82, 2.24) is 14.7 Å². The fraction of sp³-hybridized carbons (Fsp3) is 0.0833. The van der Waals surface area contributed by atoms with Gasteiger partial charge in [-0.15, -0.1) is 0 Å². The van der Waals surface area contributed by atoms with Crippen LogP contribution in [0.15, 0.2) is 90.1 Å². The van der Waals surface area contributed by atoms with Crippen molar-refractivity contribution in [3.05, 3.63) is 96.6 Å². The smallest absolute Gasteiger partial charge is 0.241 e. The number of halogens is 1. The van der Waals surface area contributed by atoms with Gasteiger partial charge in [0.1, 0.15) is 11.6 Å². The second-order valence-corrected chi connectivity index (χ2v) is 9.03. The minimum Gasteiger partial charge on any atom is -0.387 e. The Bertz CT molecular complexity index is 1360. The van der Waals surface area contributed by atoms with Gasteiger partial charge in [0.15, 0.2) is 0 Å². The lowest BCUT2D eigenvalue weighted by molar-refractivity contribution is 0.182. The molecule has 4 aromatic rings. The molecule has 1 atom stereocenters. The van der Waals surface area contributed by atoms with Crippen LogP contribution in [0.3, 0.4) is 0 Å². The van der Waals surface area contributed by atoms with Crippen LogP contribution in [0.1, 0.15) is 11.7 Å². The maximum absolute atomic E-state index is 14.9. The topological polar surface area (TPSA) is 118 Å². The number of anilines is 1. The standard InChI is InChI=1S/C24H21FN4O3S/c25-20-12-17(10-11-19(20)21-13-28-24(26)15-27-21)18-8-4-5-9-23(18)33(31,32)29-14-22(30)16-6-2-1-3-7-16/h1-13,15,22,29-30H,14H2,(H2,26,28). The number of rotatable bonds is 7. The van der Waals surface area contributed by atoms with E-state index in [2.05, 4.69) is 14.7 Å². The molecule has 33 heavy (non-hydrogen) atoms. The van der Waals surface area contributed by atoms with Crippen molar-refractivity contribution < 1.29 is 17.9 Å². The number of benzene rings is 3. The minimum absolute atomic E-state index is 0.0234. The normalized spacial score (nSPS) is 12.4. The molecule has 0 saturated carbocycles. The molecule has 4 rings (SSSR count). The molecule has 0 bridgehead atoms. The van der Waals surface area contributed by atoms with Crippen molar-refractivity contribution in [3.8, 4) is 22.4 Å². The van der Waals surface area contributed by atoms with Gasteiger partial charge in [0.05, 0.1) is 29.1 Å². The van der Waals surface area contributed by atoms with E-state index >= 15 is 0 Å². The summed E-state index contributed by atoms with van der Waals surface area (Å²) < 4.78 is 43.4. The van der Waals surface area contributed by atoms with Gasteiger partial charge in [-0.1, -0.05) is 54.6 Å². The van der Waals surface area contributed by atoms with E-state index in [4.69, 9.17) is 5.73 Å². The number of nitrogens with one attached hydrogen (secondary N) is 1. The number of aliphatic hydroxyl groups is 1. The number of nitrogens with two attached hydrogens (primary N) is 1. The van der Waals surface area contributed by atoms with E-state index < -0.39 is 21.9 Å². The van der Waals surface area contributed by atoms with Gasteiger partial charge in [-0.25, -0.2) is 22.5 Å². The third-order valence-corrected chi connectivity index (χ3v) is 6.54. The van der Waals surface area contributed by atoms with Gasteiger partial charge in [-0.05, 0) is 29.3 Å². The van der Waals surface area contributed by atoms with Crippen LogP contribution in [0.5, 0.6) is 0 Å². The molecular formula is C24H21FN4O3S. The predicted molar refractivity (Wildman–Crippen MR) is 124 cm³/mol. The molecule has 9 heteroatoms. The van der Waals surface area contributed by atoms with Crippen LogP contribution in [-0.2, 0) is 10.0 Å². The summed E-state index contributed by atoms with van der Waals surface area (Å²) in [5.74, 6) is -0.356.